The highest BCUT2D eigenvalue weighted by Crippen LogP contribution is 2.29. The maximum absolute atomic E-state index is 12.5. The molecule has 1 N–H and O–H groups in total. The highest BCUT2D eigenvalue weighted by molar-refractivity contribution is 6.34. The monoisotopic (exact) mass is 304 g/mol. The molecular formula is C18H12N2O3. The zero-order chi connectivity index (χ0) is 16.6. The summed E-state index contributed by atoms with van der Waals surface area (Å²) in [6.07, 6.45) is 5.33. The Morgan fingerprint density at radius 1 is 1.04 bits per heavy atom. The maximum Gasteiger partial charge on any atom is 0.266 e. The molecule has 5 heteroatoms. The number of anilines is 2. The van der Waals surface area contributed by atoms with Gasteiger partial charge in [0.1, 0.15) is 0 Å². The number of benzene rings is 2. The summed E-state index contributed by atoms with van der Waals surface area (Å²) in [5.41, 5.74) is 2.21. The molecule has 5 nitrogen and oxygen atoms in total. The lowest BCUT2D eigenvalue weighted by atomic mass is 10.1. The topological polar surface area (TPSA) is 66.5 Å². The third-order valence-electron chi connectivity index (χ3n) is 3.50. The van der Waals surface area contributed by atoms with Crippen LogP contribution in [0.25, 0.3) is 0 Å². The molecule has 0 atom stereocenters. The Morgan fingerprint density at radius 3 is 2.30 bits per heavy atom. The van der Waals surface area contributed by atoms with Crippen LogP contribution in [0.5, 0.6) is 0 Å². The van der Waals surface area contributed by atoms with Gasteiger partial charge in [0.2, 0.25) is 5.91 Å². The SMILES string of the molecule is C#Cc1ccc2c(c1)C(=O)N(c1ccc(NC(C)=O)cc1)C2=O. The van der Waals surface area contributed by atoms with Gasteiger partial charge in [-0.15, -0.1) is 6.42 Å². The zero-order valence-electron chi connectivity index (χ0n) is 12.3. The van der Waals surface area contributed by atoms with Crippen molar-refractivity contribution in [1.82, 2.24) is 0 Å². The molecule has 0 saturated carbocycles. The molecular weight excluding hydrogens is 292 g/mol. The van der Waals surface area contributed by atoms with Crippen molar-refractivity contribution in [2.75, 3.05) is 10.2 Å². The fourth-order valence-corrected chi connectivity index (χ4v) is 2.46. The van der Waals surface area contributed by atoms with E-state index in [0.717, 1.165) is 4.90 Å². The van der Waals surface area contributed by atoms with Crippen LogP contribution in [-0.2, 0) is 4.79 Å². The molecule has 3 rings (SSSR count). The van der Waals surface area contributed by atoms with Gasteiger partial charge in [-0.05, 0) is 42.5 Å². The Hall–Kier alpha value is -3.39. The number of carbonyl (C=O) groups is 3. The molecule has 0 radical (unpaired) electrons. The van der Waals surface area contributed by atoms with Crippen molar-refractivity contribution in [1.29, 1.82) is 0 Å². The summed E-state index contributed by atoms with van der Waals surface area (Å²) in [6.45, 7) is 1.40. The standard InChI is InChI=1S/C18H12N2O3/c1-3-12-4-9-15-16(10-12)18(23)20(17(15)22)14-7-5-13(6-8-14)19-11(2)21/h1,4-10H,2H3,(H,19,21). The summed E-state index contributed by atoms with van der Waals surface area (Å²) in [4.78, 5) is 37.1. The molecule has 2 aromatic carbocycles. The molecule has 0 fully saturated rings. The van der Waals surface area contributed by atoms with E-state index in [-0.39, 0.29) is 11.8 Å². The Labute approximate surface area is 132 Å². The van der Waals surface area contributed by atoms with Crippen molar-refractivity contribution in [3.63, 3.8) is 0 Å². The molecule has 0 bridgehead atoms. The molecule has 0 aromatic heterocycles. The lowest BCUT2D eigenvalue weighted by Gasteiger charge is -2.14. The van der Waals surface area contributed by atoms with Gasteiger partial charge in [-0.1, -0.05) is 5.92 Å². The minimum absolute atomic E-state index is 0.194. The third kappa shape index (κ3) is 2.47. The van der Waals surface area contributed by atoms with E-state index in [1.54, 1.807) is 42.5 Å². The van der Waals surface area contributed by atoms with E-state index in [9.17, 15) is 14.4 Å². The van der Waals surface area contributed by atoms with Gasteiger partial charge in [0.15, 0.2) is 0 Å². The summed E-state index contributed by atoms with van der Waals surface area (Å²) >= 11 is 0. The van der Waals surface area contributed by atoms with Crippen molar-refractivity contribution in [2.45, 2.75) is 6.92 Å². The van der Waals surface area contributed by atoms with Crippen molar-refractivity contribution >= 4 is 29.1 Å². The van der Waals surface area contributed by atoms with Crippen LogP contribution in [0.1, 0.15) is 33.2 Å². The van der Waals surface area contributed by atoms with Crippen LogP contribution < -0.4 is 10.2 Å². The fourth-order valence-electron chi connectivity index (χ4n) is 2.46. The first-order chi connectivity index (χ1) is 11.0. The quantitative estimate of drug-likeness (QED) is 0.684. The summed E-state index contributed by atoms with van der Waals surface area (Å²) in [6, 6.07) is 11.2. The number of hydrogen-bond acceptors (Lipinski definition) is 3. The van der Waals surface area contributed by atoms with E-state index in [2.05, 4.69) is 11.2 Å². The van der Waals surface area contributed by atoms with Gasteiger partial charge in [0.25, 0.3) is 11.8 Å². The van der Waals surface area contributed by atoms with Crippen LogP contribution in [0.4, 0.5) is 11.4 Å². The molecule has 112 valence electrons. The third-order valence-corrected chi connectivity index (χ3v) is 3.50. The molecule has 1 aliphatic rings. The second-order valence-electron chi connectivity index (χ2n) is 5.08. The highest BCUT2D eigenvalue weighted by Gasteiger charge is 2.36. The Balaban J connectivity index is 1.96. The molecule has 1 heterocycles. The Kier molecular flexibility index (Phi) is 3.43. The first kappa shape index (κ1) is 14.5. The number of rotatable bonds is 2. The first-order valence-electron chi connectivity index (χ1n) is 6.88. The van der Waals surface area contributed by atoms with Crippen LogP contribution >= 0.6 is 0 Å². The number of terminal acetylenes is 1. The molecule has 23 heavy (non-hydrogen) atoms. The van der Waals surface area contributed by atoms with Gasteiger partial charge in [-0.3, -0.25) is 14.4 Å². The number of imide groups is 1. The molecule has 1 aliphatic heterocycles. The number of carbonyl (C=O) groups excluding carboxylic acids is 3. The summed E-state index contributed by atoms with van der Waals surface area (Å²) in [7, 11) is 0. The minimum atomic E-state index is -0.408. The van der Waals surface area contributed by atoms with Gasteiger partial charge in [0, 0.05) is 18.2 Å². The lowest BCUT2D eigenvalue weighted by molar-refractivity contribution is -0.114. The minimum Gasteiger partial charge on any atom is -0.326 e. The van der Waals surface area contributed by atoms with E-state index < -0.39 is 5.91 Å². The largest absolute Gasteiger partial charge is 0.326 e. The van der Waals surface area contributed by atoms with Gasteiger partial charge >= 0.3 is 0 Å². The molecule has 0 saturated heterocycles. The second-order valence-corrected chi connectivity index (χ2v) is 5.08. The van der Waals surface area contributed by atoms with Crippen molar-refractivity contribution in [2.24, 2.45) is 0 Å². The summed E-state index contributed by atoms with van der Waals surface area (Å²) < 4.78 is 0. The van der Waals surface area contributed by atoms with Gasteiger partial charge in [0.05, 0.1) is 16.8 Å². The van der Waals surface area contributed by atoms with Crippen molar-refractivity contribution in [3.8, 4) is 12.3 Å². The number of fused-ring (bicyclic) bond motifs is 1. The number of hydrogen-bond donors (Lipinski definition) is 1. The van der Waals surface area contributed by atoms with E-state index in [0.29, 0.717) is 28.1 Å². The van der Waals surface area contributed by atoms with E-state index in [1.807, 2.05) is 0 Å². The molecule has 0 aliphatic carbocycles. The number of nitrogens with zero attached hydrogens (tertiary/aromatic N) is 1. The van der Waals surface area contributed by atoms with E-state index >= 15 is 0 Å². The summed E-state index contributed by atoms with van der Waals surface area (Å²) in [5, 5.41) is 2.63. The van der Waals surface area contributed by atoms with E-state index in [4.69, 9.17) is 6.42 Å². The van der Waals surface area contributed by atoms with Crippen LogP contribution in [0.3, 0.4) is 0 Å². The van der Waals surface area contributed by atoms with E-state index in [1.165, 1.54) is 6.92 Å². The Morgan fingerprint density at radius 2 is 1.70 bits per heavy atom. The highest BCUT2D eigenvalue weighted by atomic mass is 16.2. The van der Waals surface area contributed by atoms with Gasteiger partial charge in [-0.2, -0.15) is 0 Å². The molecule has 0 spiro atoms. The first-order valence-corrected chi connectivity index (χ1v) is 6.88. The average molecular weight is 304 g/mol. The average Bonchev–Trinajstić information content (AvgIpc) is 2.79. The molecule has 3 amide bonds. The lowest BCUT2D eigenvalue weighted by Crippen LogP contribution is -2.29. The fraction of sp³-hybridized carbons (Fsp3) is 0.0556. The maximum atomic E-state index is 12.5. The predicted octanol–water partition coefficient (Wildman–Crippen LogP) is 2.43. The Bertz CT molecular complexity index is 876. The number of amides is 3. The predicted molar refractivity (Wildman–Crippen MR) is 86.3 cm³/mol. The zero-order valence-corrected chi connectivity index (χ0v) is 12.3. The van der Waals surface area contributed by atoms with Gasteiger partial charge in [-0.25, -0.2) is 4.90 Å². The van der Waals surface area contributed by atoms with Crippen molar-refractivity contribution in [3.05, 3.63) is 59.2 Å². The smallest absolute Gasteiger partial charge is 0.266 e. The van der Waals surface area contributed by atoms with Crippen LogP contribution in [0, 0.1) is 12.3 Å². The van der Waals surface area contributed by atoms with Crippen LogP contribution in [0.15, 0.2) is 42.5 Å². The second kappa shape index (κ2) is 5.43. The van der Waals surface area contributed by atoms with Crippen LogP contribution in [-0.4, -0.2) is 17.7 Å². The number of nitrogens with one attached hydrogen (secondary N) is 1. The summed E-state index contributed by atoms with van der Waals surface area (Å²) in [5.74, 6) is 1.46. The molecule has 2 aromatic rings. The normalized spacial score (nSPS) is 12.8. The van der Waals surface area contributed by atoms with Crippen molar-refractivity contribution < 1.29 is 14.4 Å². The van der Waals surface area contributed by atoms with Gasteiger partial charge < -0.3 is 5.32 Å². The molecule has 0 unspecified atom stereocenters. The van der Waals surface area contributed by atoms with Crippen LogP contribution in [0.2, 0.25) is 0 Å².